The molecule has 0 spiro atoms. The van der Waals surface area contributed by atoms with Crippen molar-refractivity contribution in [2.45, 2.75) is 45.3 Å². The summed E-state index contributed by atoms with van der Waals surface area (Å²) in [6.07, 6.45) is 3.54. The van der Waals surface area contributed by atoms with E-state index in [0.717, 1.165) is 36.5 Å². The molecule has 8 nitrogen and oxygen atoms in total. The van der Waals surface area contributed by atoms with Crippen LogP contribution in [-0.4, -0.2) is 40.4 Å². The highest BCUT2D eigenvalue weighted by atomic mass is 19.1. The third-order valence-electron chi connectivity index (χ3n) is 6.34. The number of aromatic nitrogens is 2. The maximum atomic E-state index is 13.1. The van der Waals surface area contributed by atoms with Crippen molar-refractivity contribution in [2.75, 3.05) is 27.0 Å². The number of amides is 2. The Kier molecular flexibility index (Phi) is 6.07. The van der Waals surface area contributed by atoms with Crippen molar-refractivity contribution < 1.29 is 14.0 Å². The van der Waals surface area contributed by atoms with Gasteiger partial charge in [0, 0.05) is 30.4 Å². The van der Waals surface area contributed by atoms with Gasteiger partial charge in [-0.05, 0) is 68.7 Å². The van der Waals surface area contributed by atoms with Crippen molar-refractivity contribution in [3.8, 4) is 0 Å². The number of hydrogen-bond donors (Lipinski definition) is 2. The van der Waals surface area contributed by atoms with Crippen LogP contribution >= 0.6 is 0 Å². The first-order chi connectivity index (χ1) is 16.9. The first-order valence-electron chi connectivity index (χ1n) is 11.8. The van der Waals surface area contributed by atoms with Gasteiger partial charge in [0.25, 0.3) is 5.91 Å². The van der Waals surface area contributed by atoms with Crippen LogP contribution in [0.5, 0.6) is 0 Å². The second-order valence-electron chi connectivity index (χ2n) is 9.07. The molecule has 1 fully saturated rings. The molecule has 3 aromatic rings. The lowest BCUT2D eigenvalue weighted by Gasteiger charge is -2.40. The number of halogens is 1. The predicted octanol–water partition coefficient (Wildman–Crippen LogP) is 4.20. The summed E-state index contributed by atoms with van der Waals surface area (Å²) >= 11 is 0. The quantitative estimate of drug-likeness (QED) is 0.557. The van der Waals surface area contributed by atoms with Crippen LogP contribution in [0.2, 0.25) is 0 Å². The third kappa shape index (κ3) is 4.53. The average Bonchev–Trinajstić information content (AvgIpc) is 3.35. The summed E-state index contributed by atoms with van der Waals surface area (Å²) in [5.41, 5.74) is 2.78. The molecular weight excluding hydrogens is 447 g/mol. The van der Waals surface area contributed by atoms with E-state index >= 15 is 0 Å². The lowest BCUT2D eigenvalue weighted by Crippen LogP contribution is -2.53. The first kappa shape index (κ1) is 22.8. The van der Waals surface area contributed by atoms with E-state index in [1.54, 1.807) is 6.20 Å². The van der Waals surface area contributed by atoms with Crippen molar-refractivity contribution >= 4 is 35.0 Å². The second-order valence-corrected chi connectivity index (χ2v) is 9.07. The Morgan fingerprint density at radius 2 is 1.89 bits per heavy atom. The van der Waals surface area contributed by atoms with E-state index in [1.807, 2.05) is 43.0 Å². The Bertz CT molecular complexity index is 1250. The van der Waals surface area contributed by atoms with E-state index in [-0.39, 0.29) is 29.7 Å². The average molecular weight is 475 g/mol. The van der Waals surface area contributed by atoms with Gasteiger partial charge in [0.05, 0.1) is 6.20 Å². The number of carbonyl (C=O) groups excluding carboxylic acids is 2. The molecule has 0 aliphatic carbocycles. The molecule has 2 aromatic carbocycles. The van der Waals surface area contributed by atoms with Crippen molar-refractivity contribution in [1.29, 1.82) is 0 Å². The van der Waals surface area contributed by atoms with Crippen molar-refractivity contribution in [3.05, 3.63) is 71.7 Å². The molecule has 2 aliphatic rings. The van der Waals surface area contributed by atoms with Gasteiger partial charge in [-0.25, -0.2) is 9.37 Å². The minimum atomic E-state index is -0.382. The highest BCUT2D eigenvalue weighted by Crippen LogP contribution is 2.39. The Hall–Kier alpha value is -4.01. The van der Waals surface area contributed by atoms with Gasteiger partial charge in [0.2, 0.25) is 11.9 Å². The Balaban J connectivity index is 1.25. The van der Waals surface area contributed by atoms with E-state index in [4.69, 9.17) is 4.98 Å². The van der Waals surface area contributed by atoms with Gasteiger partial charge in [-0.2, -0.15) is 4.98 Å². The molecule has 0 saturated carbocycles. The third-order valence-corrected chi connectivity index (χ3v) is 6.34. The van der Waals surface area contributed by atoms with E-state index in [0.29, 0.717) is 23.7 Å². The van der Waals surface area contributed by atoms with Crippen molar-refractivity contribution in [2.24, 2.45) is 0 Å². The number of carbonyl (C=O) groups is 2. The van der Waals surface area contributed by atoms with Gasteiger partial charge >= 0.3 is 0 Å². The van der Waals surface area contributed by atoms with Crippen LogP contribution in [0.15, 0.2) is 54.7 Å². The standard InChI is InChI=1S/C26H27FN6O2/c1-16(2)33-22-15-29-26(31-23(22)32-13-3-4-21(32)25(33)35)28-14-17-5-11-20(12-6-17)30-24(34)18-7-9-19(27)10-8-18/h5-12,15-16,21H,3-4,13-14H2,1-2H3,(H,30,34)(H,28,29,31)/t21-/m1/s1. The van der Waals surface area contributed by atoms with Gasteiger partial charge in [-0.1, -0.05) is 12.1 Å². The first-order valence-corrected chi connectivity index (χ1v) is 11.8. The molecule has 1 aromatic heterocycles. The number of benzene rings is 2. The minimum Gasteiger partial charge on any atom is -0.350 e. The van der Waals surface area contributed by atoms with Gasteiger partial charge in [0.1, 0.15) is 17.5 Å². The highest BCUT2D eigenvalue weighted by Gasteiger charge is 2.42. The number of nitrogens with zero attached hydrogens (tertiary/aromatic N) is 4. The summed E-state index contributed by atoms with van der Waals surface area (Å²) < 4.78 is 13.1. The van der Waals surface area contributed by atoms with E-state index in [9.17, 15) is 14.0 Å². The van der Waals surface area contributed by atoms with E-state index in [1.165, 1.54) is 24.3 Å². The molecule has 1 saturated heterocycles. The van der Waals surface area contributed by atoms with Crippen LogP contribution in [0.3, 0.4) is 0 Å². The summed E-state index contributed by atoms with van der Waals surface area (Å²) in [6, 6.07) is 12.7. The molecule has 2 N–H and O–H groups in total. The highest BCUT2D eigenvalue weighted by molar-refractivity contribution is 6.05. The molecule has 180 valence electrons. The Morgan fingerprint density at radius 1 is 1.14 bits per heavy atom. The SMILES string of the molecule is CC(C)N1C(=O)[C@H]2CCCN2c2nc(NCc3ccc(NC(=O)c4ccc(F)cc4)cc3)ncc21. The monoisotopic (exact) mass is 474 g/mol. The molecule has 3 heterocycles. The maximum Gasteiger partial charge on any atom is 0.255 e. The van der Waals surface area contributed by atoms with Gasteiger partial charge in [-0.15, -0.1) is 0 Å². The predicted molar refractivity (Wildman–Crippen MR) is 133 cm³/mol. The fourth-order valence-electron chi connectivity index (χ4n) is 4.61. The topological polar surface area (TPSA) is 90.5 Å². The summed E-state index contributed by atoms with van der Waals surface area (Å²) in [4.78, 5) is 38.4. The molecule has 0 unspecified atom stereocenters. The van der Waals surface area contributed by atoms with Crippen LogP contribution in [0.1, 0.15) is 42.6 Å². The molecule has 35 heavy (non-hydrogen) atoms. The second kappa shape index (κ2) is 9.32. The Morgan fingerprint density at radius 3 is 2.60 bits per heavy atom. The molecule has 5 rings (SSSR count). The zero-order valence-corrected chi connectivity index (χ0v) is 19.7. The Labute approximate surface area is 203 Å². The van der Waals surface area contributed by atoms with E-state index in [2.05, 4.69) is 20.5 Å². The van der Waals surface area contributed by atoms with Crippen LogP contribution in [0.4, 0.5) is 27.5 Å². The number of fused-ring (bicyclic) bond motifs is 3. The summed E-state index contributed by atoms with van der Waals surface area (Å²) in [5, 5.41) is 6.07. The summed E-state index contributed by atoms with van der Waals surface area (Å²) in [6.45, 7) is 5.33. The molecule has 2 aliphatic heterocycles. The number of hydrogen-bond acceptors (Lipinski definition) is 6. The van der Waals surface area contributed by atoms with Gasteiger partial charge in [0.15, 0.2) is 5.82 Å². The molecular formula is C26H27FN6O2. The molecule has 2 amide bonds. The zero-order valence-electron chi connectivity index (χ0n) is 19.7. The van der Waals surface area contributed by atoms with Crippen LogP contribution in [-0.2, 0) is 11.3 Å². The molecule has 0 radical (unpaired) electrons. The number of nitrogens with one attached hydrogen (secondary N) is 2. The van der Waals surface area contributed by atoms with Crippen LogP contribution < -0.4 is 20.4 Å². The van der Waals surface area contributed by atoms with Crippen molar-refractivity contribution in [1.82, 2.24) is 9.97 Å². The normalized spacial score (nSPS) is 16.8. The fraction of sp³-hybridized carbons (Fsp3) is 0.308. The van der Waals surface area contributed by atoms with Crippen molar-refractivity contribution in [3.63, 3.8) is 0 Å². The maximum absolute atomic E-state index is 13.1. The van der Waals surface area contributed by atoms with E-state index < -0.39 is 0 Å². The largest absolute Gasteiger partial charge is 0.350 e. The molecule has 0 bridgehead atoms. The summed E-state index contributed by atoms with van der Waals surface area (Å²) in [5.74, 6) is 0.749. The zero-order chi connectivity index (χ0) is 24.5. The smallest absolute Gasteiger partial charge is 0.255 e. The lowest BCUT2D eigenvalue weighted by molar-refractivity contribution is -0.120. The lowest BCUT2D eigenvalue weighted by atomic mass is 10.1. The number of rotatable bonds is 6. The number of anilines is 4. The molecule has 1 atom stereocenters. The van der Waals surface area contributed by atoms with Crippen LogP contribution in [0, 0.1) is 5.82 Å². The van der Waals surface area contributed by atoms with Crippen LogP contribution in [0.25, 0.3) is 0 Å². The molecule has 9 heteroatoms. The summed E-state index contributed by atoms with van der Waals surface area (Å²) in [7, 11) is 0. The van der Waals surface area contributed by atoms with Gasteiger partial charge in [-0.3, -0.25) is 9.59 Å². The van der Waals surface area contributed by atoms with Gasteiger partial charge < -0.3 is 20.4 Å². The minimum absolute atomic E-state index is 0.0356. The fourth-order valence-corrected chi connectivity index (χ4v) is 4.61.